The van der Waals surface area contributed by atoms with Gasteiger partial charge in [-0.3, -0.25) is 4.79 Å². The van der Waals surface area contributed by atoms with Crippen molar-refractivity contribution in [2.24, 2.45) is 0 Å². The number of amides is 1. The molecule has 0 fully saturated rings. The first-order valence-electron chi connectivity index (χ1n) is 7.70. The molecule has 1 unspecified atom stereocenters. The van der Waals surface area contributed by atoms with Crippen molar-refractivity contribution in [3.8, 4) is 0 Å². The molecule has 2 N–H and O–H groups in total. The van der Waals surface area contributed by atoms with E-state index in [0.717, 1.165) is 3.57 Å². The number of ether oxygens (including phenoxy) is 1. The van der Waals surface area contributed by atoms with Gasteiger partial charge in [0.1, 0.15) is 12.6 Å². The molecule has 2 aromatic carbocycles. The summed E-state index contributed by atoms with van der Waals surface area (Å²) in [7, 11) is -3.70. The Labute approximate surface area is 164 Å². The third kappa shape index (κ3) is 4.05. The Morgan fingerprint density at radius 2 is 1.81 bits per heavy atom. The van der Waals surface area contributed by atoms with Crippen molar-refractivity contribution in [3.63, 3.8) is 0 Å². The summed E-state index contributed by atoms with van der Waals surface area (Å²) in [5.41, 5.74) is 0.870. The number of hydrogen-bond donors (Lipinski definition) is 2. The van der Waals surface area contributed by atoms with Crippen molar-refractivity contribution >= 4 is 44.5 Å². The van der Waals surface area contributed by atoms with Crippen LogP contribution in [0.25, 0.3) is 0 Å². The number of nitrogens with one attached hydrogen (secondary N) is 2. The summed E-state index contributed by atoms with van der Waals surface area (Å²) in [6.45, 7) is 0.0625. The molecule has 2 aromatic rings. The first kappa shape index (κ1) is 18.8. The van der Waals surface area contributed by atoms with Crippen LogP contribution in [0.3, 0.4) is 0 Å². The molecule has 1 amide bonds. The molecule has 0 bridgehead atoms. The molecular formula is C17H15IN2O5S. The number of benzene rings is 2. The van der Waals surface area contributed by atoms with Gasteiger partial charge in [0.25, 0.3) is 5.91 Å². The zero-order valence-corrected chi connectivity index (χ0v) is 16.4. The summed E-state index contributed by atoms with van der Waals surface area (Å²) >= 11 is 2.14. The average molecular weight is 486 g/mol. The van der Waals surface area contributed by atoms with Crippen molar-refractivity contribution in [2.75, 3.05) is 13.2 Å². The smallest absolute Gasteiger partial charge is 0.328 e. The van der Waals surface area contributed by atoms with Gasteiger partial charge in [0.05, 0.1) is 11.4 Å². The molecule has 0 aromatic heterocycles. The molecule has 26 heavy (non-hydrogen) atoms. The van der Waals surface area contributed by atoms with Crippen LogP contribution in [0.2, 0.25) is 0 Å². The SMILES string of the molecule is O=C(NCCOC(=O)C1NS(=O)(=O)c2ccccc21)c1ccc(I)cc1. The molecule has 1 aliphatic heterocycles. The predicted octanol–water partition coefficient (Wildman–Crippen LogP) is 1.60. The number of hydrogen-bond acceptors (Lipinski definition) is 5. The number of rotatable bonds is 5. The summed E-state index contributed by atoms with van der Waals surface area (Å²) in [6, 6.07) is 12.2. The van der Waals surface area contributed by atoms with E-state index in [4.69, 9.17) is 4.74 Å². The molecule has 0 spiro atoms. The Hall–Kier alpha value is -1.98. The van der Waals surface area contributed by atoms with Gasteiger partial charge in [-0.2, -0.15) is 4.72 Å². The van der Waals surface area contributed by atoms with Gasteiger partial charge >= 0.3 is 5.97 Å². The van der Waals surface area contributed by atoms with Crippen LogP contribution in [0.5, 0.6) is 0 Å². The van der Waals surface area contributed by atoms with Gasteiger partial charge in [-0.25, -0.2) is 13.2 Å². The average Bonchev–Trinajstić information content (AvgIpc) is 2.91. The fourth-order valence-corrected chi connectivity index (χ4v) is 4.30. The van der Waals surface area contributed by atoms with Gasteiger partial charge in [0.2, 0.25) is 10.0 Å². The fourth-order valence-electron chi connectivity index (χ4n) is 2.52. The van der Waals surface area contributed by atoms with Crippen LogP contribution in [0, 0.1) is 3.57 Å². The van der Waals surface area contributed by atoms with Gasteiger partial charge < -0.3 is 10.1 Å². The van der Waals surface area contributed by atoms with E-state index in [9.17, 15) is 18.0 Å². The highest BCUT2D eigenvalue weighted by Crippen LogP contribution is 2.31. The van der Waals surface area contributed by atoms with Crippen LogP contribution in [0.15, 0.2) is 53.4 Å². The number of sulfonamides is 1. The van der Waals surface area contributed by atoms with Crippen molar-refractivity contribution in [1.29, 1.82) is 0 Å². The quantitative estimate of drug-likeness (QED) is 0.380. The highest BCUT2D eigenvalue weighted by molar-refractivity contribution is 14.1. The fraction of sp³-hybridized carbons (Fsp3) is 0.176. The Balaban J connectivity index is 1.52. The lowest BCUT2D eigenvalue weighted by Gasteiger charge is -2.11. The first-order valence-corrected chi connectivity index (χ1v) is 10.3. The Morgan fingerprint density at radius 3 is 2.54 bits per heavy atom. The number of carbonyl (C=O) groups is 2. The van der Waals surface area contributed by atoms with E-state index in [-0.39, 0.29) is 24.0 Å². The lowest BCUT2D eigenvalue weighted by molar-refractivity contribution is -0.145. The minimum Gasteiger partial charge on any atom is -0.462 e. The Morgan fingerprint density at radius 1 is 1.12 bits per heavy atom. The van der Waals surface area contributed by atoms with Crippen LogP contribution in [0.1, 0.15) is 22.0 Å². The van der Waals surface area contributed by atoms with E-state index in [2.05, 4.69) is 32.6 Å². The molecular weight excluding hydrogens is 471 g/mol. The molecule has 0 aliphatic carbocycles. The van der Waals surface area contributed by atoms with Crippen molar-refractivity contribution < 1.29 is 22.7 Å². The molecule has 136 valence electrons. The zero-order valence-electron chi connectivity index (χ0n) is 13.4. The van der Waals surface area contributed by atoms with Gasteiger partial charge in [-0.15, -0.1) is 0 Å². The topological polar surface area (TPSA) is 102 Å². The van der Waals surface area contributed by atoms with E-state index >= 15 is 0 Å². The van der Waals surface area contributed by atoms with Crippen LogP contribution in [-0.4, -0.2) is 33.4 Å². The van der Waals surface area contributed by atoms with Gasteiger partial charge in [0, 0.05) is 14.7 Å². The van der Waals surface area contributed by atoms with E-state index in [0.29, 0.717) is 11.1 Å². The van der Waals surface area contributed by atoms with Crippen LogP contribution in [-0.2, 0) is 19.6 Å². The second kappa shape index (κ2) is 7.72. The molecule has 0 saturated carbocycles. The second-order valence-corrected chi connectivity index (χ2v) is 8.45. The van der Waals surface area contributed by atoms with Crippen LogP contribution in [0.4, 0.5) is 0 Å². The first-order chi connectivity index (χ1) is 12.4. The largest absolute Gasteiger partial charge is 0.462 e. The molecule has 3 rings (SSSR count). The Kier molecular flexibility index (Phi) is 5.58. The summed E-state index contributed by atoms with van der Waals surface area (Å²) in [5.74, 6) is -0.980. The van der Waals surface area contributed by atoms with Crippen molar-refractivity contribution in [2.45, 2.75) is 10.9 Å². The third-order valence-corrected chi connectivity index (χ3v) is 5.98. The number of carbonyl (C=O) groups excluding carboxylic acids is 2. The number of esters is 1. The van der Waals surface area contributed by atoms with Gasteiger partial charge in [-0.05, 0) is 52.9 Å². The number of halogens is 1. The maximum Gasteiger partial charge on any atom is 0.328 e. The second-order valence-electron chi connectivity index (χ2n) is 5.52. The number of fused-ring (bicyclic) bond motifs is 1. The molecule has 1 aliphatic rings. The maximum atomic E-state index is 12.2. The van der Waals surface area contributed by atoms with E-state index in [1.807, 2.05) is 12.1 Å². The molecule has 1 atom stereocenters. The van der Waals surface area contributed by atoms with Crippen molar-refractivity contribution in [3.05, 3.63) is 63.2 Å². The Bertz CT molecular complexity index is 944. The highest BCUT2D eigenvalue weighted by atomic mass is 127. The van der Waals surface area contributed by atoms with Gasteiger partial charge in [-0.1, -0.05) is 18.2 Å². The minimum atomic E-state index is -3.70. The summed E-state index contributed by atoms with van der Waals surface area (Å²) in [5, 5.41) is 2.64. The summed E-state index contributed by atoms with van der Waals surface area (Å²) in [4.78, 5) is 24.2. The standard InChI is InChI=1S/C17H15IN2O5S/c18-12-7-5-11(6-8-12)16(21)19-9-10-25-17(22)15-13-3-1-2-4-14(13)26(23,24)20-15/h1-8,15,20H,9-10H2,(H,19,21). The summed E-state index contributed by atoms with van der Waals surface area (Å²) < 4.78 is 32.4. The maximum absolute atomic E-state index is 12.2. The third-order valence-electron chi connectivity index (χ3n) is 3.77. The lowest BCUT2D eigenvalue weighted by atomic mass is 10.1. The van der Waals surface area contributed by atoms with E-state index < -0.39 is 22.0 Å². The van der Waals surface area contributed by atoms with E-state index in [1.54, 1.807) is 30.3 Å². The molecule has 1 heterocycles. The zero-order chi connectivity index (χ0) is 18.7. The highest BCUT2D eigenvalue weighted by Gasteiger charge is 2.38. The summed E-state index contributed by atoms with van der Waals surface area (Å²) in [6.07, 6.45) is 0. The molecule has 9 heteroatoms. The van der Waals surface area contributed by atoms with Gasteiger partial charge in [0.15, 0.2) is 0 Å². The predicted molar refractivity (Wildman–Crippen MR) is 102 cm³/mol. The van der Waals surface area contributed by atoms with Crippen LogP contribution >= 0.6 is 22.6 Å². The lowest BCUT2D eigenvalue weighted by Crippen LogP contribution is -2.31. The normalized spacial score (nSPS) is 17.3. The molecule has 7 nitrogen and oxygen atoms in total. The molecule has 0 radical (unpaired) electrons. The van der Waals surface area contributed by atoms with Crippen molar-refractivity contribution in [1.82, 2.24) is 10.0 Å². The minimum absolute atomic E-state index is 0.0602. The van der Waals surface area contributed by atoms with E-state index in [1.165, 1.54) is 6.07 Å². The monoisotopic (exact) mass is 486 g/mol. The van der Waals surface area contributed by atoms with Crippen LogP contribution < -0.4 is 10.0 Å². The molecule has 0 saturated heterocycles.